The highest BCUT2D eigenvalue weighted by molar-refractivity contribution is 7.10. The fraction of sp³-hybridized carbons (Fsp3) is 0.167. The maximum Gasteiger partial charge on any atom is 0.246 e. The summed E-state index contributed by atoms with van der Waals surface area (Å²) in [5, 5.41) is 4.59. The van der Waals surface area contributed by atoms with Gasteiger partial charge in [-0.3, -0.25) is 4.79 Å². The predicted molar refractivity (Wildman–Crippen MR) is 70.7 cm³/mol. The molecule has 2 aromatic rings. The Bertz CT molecular complexity index is 511. The van der Waals surface area contributed by atoms with E-state index in [4.69, 9.17) is 10.5 Å². The molecule has 0 aromatic carbocycles. The quantitative estimate of drug-likeness (QED) is 0.881. The van der Waals surface area contributed by atoms with E-state index in [0.717, 1.165) is 4.88 Å². The number of carbonyl (C=O) groups is 1. The van der Waals surface area contributed by atoms with Gasteiger partial charge in [0.2, 0.25) is 11.8 Å². The zero-order valence-corrected chi connectivity index (χ0v) is 10.6. The van der Waals surface area contributed by atoms with Gasteiger partial charge in [-0.2, -0.15) is 0 Å². The van der Waals surface area contributed by atoms with Crippen LogP contribution in [0.2, 0.25) is 0 Å². The molecule has 0 saturated heterocycles. The maximum atomic E-state index is 11.9. The van der Waals surface area contributed by atoms with E-state index in [1.54, 1.807) is 12.1 Å². The van der Waals surface area contributed by atoms with Crippen molar-refractivity contribution in [3.05, 3.63) is 40.7 Å². The zero-order valence-electron chi connectivity index (χ0n) is 9.79. The summed E-state index contributed by atoms with van der Waals surface area (Å²) in [6.07, 6.45) is 1.53. The number of thiophene rings is 1. The van der Waals surface area contributed by atoms with Crippen molar-refractivity contribution in [1.29, 1.82) is 0 Å². The second kappa shape index (κ2) is 5.61. The third-order valence-corrected chi connectivity index (χ3v) is 3.30. The minimum absolute atomic E-state index is 0.260. The first-order chi connectivity index (χ1) is 8.70. The van der Waals surface area contributed by atoms with E-state index in [0.29, 0.717) is 11.6 Å². The van der Waals surface area contributed by atoms with Gasteiger partial charge in [-0.25, -0.2) is 4.98 Å². The monoisotopic (exact) mass is 263 g/mol. The Hall–Kier alpha value is -1.92. The Labute approximate surface area is 109 Å². The molecule has 5 nitrogen and oxygen atoms in total. The topological polar surface area (TPSA) is 77.2 Å². The molecule has 1 atom stereocenters. The summed E-state index contributed by atoms with van der Waals surface area (Å²) >= 11 is 1.45. The molecule has 2 heterocycles. The van der Waals surface area contributed by atoms with Crippen LogP contribution in [0.4, 0.5) is 5.69 Å². The summed E-state index contributed by atoms with van der Waals surface area (Å²) in [6, 6.07) is 6.42. The van der Waals surface area contributed by atoms with E-state index in [9.17, 15) is 4.79 Å². The maximum absolute atomic E-state index is 11.9. The molecule has 2 rings (SSSR count). The molecule has 0 fully saturated rings. The fourth-order valence-corrected chi connectivity index (χ4v) is 2.12. The second-order valence-electron chi connectivity index (χ2n) is 3.57. The second-order valence-corrected chi connectivity index (χ2v) is 4.55. The third kappa shape index (κ3) is 2.85. The molecule has 0 saturated carbocycles. The van der Waals surface area contributed by atoms with Gasteiger partial charge in [0.25, 0.3) is 0 Å². The Morgan fingerprint density at radius 1 is 1.50 bits per heavy atom. The molecule has 18 heavy (non-hydrogen) atoms. The lowest BCUT2D eigenvalue weighted by Gasteiger charge is -2.10. The lowest BCUT2D eigenvalue weighted by molar-refractivity contribution is -0.117. The van der Waals surface area contributed by atoms with Crippen molar-refractivity contribution >= 4 is 22.9 Å². The van der Waals surface area contributed by atoms with Crippen molar-refractivity contribution in [1.82, 2.24) is 4.98 Å². The molecule has 1 amide bonds. The van der Waals surface area contributed by atoms with Crippen LogP contribution < -0.4 is 15.8 Å². The van der Waals surface area contributed by atoms with E-state index < -0.39 is 6.04 Å². The molecule has 0 radical (unpaired) electrons. The summed E-state index contributed by atoms with van der Waals surface area (Å²) in [7, 11) is 1.54. The van der Waals surface area contributed by atoms with Gasteiger partial charge in [0.15, 0.2) is 0 Å². The number of anilines is 1. The normalized spacial score (nSPS) is 11.9. The average Bonchev–Trinajstić information content (AvgIpc) is 2.92. The van der Waals surface area contributed by atoms with Crippen molar-refractivity contribution in [2.45, 2.75) is 6.04 Å². The van der Waals surface area contributed by atoms with Crippen molar-refractivity contribution in [3.8, 4) is 5.88 Å². The first-order valence-electron chi connectivity index (χ1n) is 5.30. The highest BCUT2D eigenvalue weighted by atomic mass is 32.1. The first-order valence-corrected chi connectivity index (χ1v) is 6.18. The molecular formula is C12H13N3O2S. The van der Waals surface area contributed by atoms with Crippen molar-refractivity contribution in [2.24, 2.45) is 5.73 Å². The molecule has 0 aliphatic carbocycles. The summed E-state index contributed by atoms with van der Waals surface area (Å²) < 4.78 is 4.93. The van der Waals surface area contributed by atoms with Gasteiger partial charge in [0, 0.05) is 10.9 Å². The SMILES string of the molecule is COc1ccc(NC(=O)C(N)c2cccs2)cn1. The molecule has 6 heteroatoms. The number of aromatic nitrogens is 1. The van der Waals surface area contributed by atoms with Gasteiger partial charge in [-0.05, 0) is 17.5 Å². The van der Waals surface area contributed by atoms with E-state index >= 15 is 0 Å². The molecule has 0 aliphatic rings. The standard InChI is InChI=1S/C12H13N3O2S/c1-17-10-5-4-8(7-14-10)15-12(16)11(13)9-3-2-6-18-9/h2-7,11H,13H2,1H3,(H,15,16). The van der Waals surface area contributed by atoms with Crippen LogP contribution in [0.25, 0.3) is 0 Å². The van der Waals surface area contributed by atoms with E-state index in [-0.39, 0.29) is 5.91 Å². The first kappa shape index (κ1) is 12.5. The molecular weight excluding hydrogens is 250 g/mol. The minimum Gasteiger partial charge on any atom is -0.481 e. The molecule has 0 aliphatic heterocycles. The highest BCUT2D eigenvalue weighted by Gasteiger charge is 2.16. The molecule has 94 valence electrons. The van der Waals surface area contributed by atoms with Crippen LogP contribution in [-0.2, 0) is 4.79 Å². The Balaban J connectivity index is 2.02. The van der Waals surface area contributed by atoms with Gasteiger partial charge in [0.1, 0.15) is 6.04 Å². The molecule has 0 bridgehead atoms. The van der Waals surface area contributed by atoms with Gasteiger partial charge < -0.3 is 15.8 Å². The minimum atomic E-state index is -0.660. The average molecular weight is 263 g/mol. The molecule has 3 N–H and O–H groups in total. The van der Waals surface area contributed by atoms with Gasteiger partial charge in [-0.15, -0.1) is 11.3 Å². The Kier molecular flexibility index (Phi) is 3.91. The number of methoxy groups -OCH3 is 1. The van der Waals surface area contributed by atoms with Crippen LogP contribution >= 0.6 is 11.3 Å². The van der Waals surface area contributed by atoms with Gasteiger partial charge in [-0.1, -0.05) is 6.07 Å². The van der Waals surface area contributed by atoms with Crippen LogP contribution in [0.1, 0.15) is 10.9 Å². The summed E-state index contributed by atoms with van der Waals surface area (Å²) in [4.78, 5) is 16.7. The number of ether oxygens (including phenoxy) is 1. The smallest absolute Gasteiger partial charge is 0.246 e. The summed E-state index contributed by atoms with van der Waals surface area (Å²) in [5.41, 5.74) is 6.43. The van der Waals surface area contributed by atoms with Crippen molar-refractivity contribution in [3.63, 3.8) is 0 Å². The zero-order chi connectivity index (χ0) is 13.0. The van der Waals surface area contributed by atoms with Crippen molar-refractivity contribution in [2.75, 3.05) is 12.4 Å². The fourth-order valence-electron chi connectivity index (χ4n) is 1.39. The number of nitrogens with zero attached hydrogens (tertiary/aromatic N) is 1. The highest BCUT2D eigenvalue weighted by Crippen LogP contribution is 2.19. The Morgan fingerprint density at radius 3 is 2.89 bits per heavy atom. The number of nitrogens with two attached hydrogens (primary N) is 1. The van der Waals surface area contributed by atoms with Crippen LogP contribution in [0.3, 0.4) is 0 Å². The number of rotatable bonds is 4. The number of carbonyl (C=O) groups excluding carboxylic acids is 1. The van der Waals surface area contributed by atoms with E-state index in [1.165, 1.54) is 24.6 Å². The number of pyridine rings is 1. The number of hydrogen-bond acceptors (Lipinski definition) is 5. The van der Waals surface area contributed by atoms with Crippen molar-refractivity contribution < 1.29 is 9.53 Å². The van der Waals surface area contributed by atoms with Crippen LogP contribution in [0.5, 0.6) is 5.88 Å². The molecule has 1 unspecified atom stereocenters. The van der Waals surface area contributed by atoms with E-state index in [2.05, 4.69) is 10.3 Å². The molecule has 0 spiro atoms. The van der Waals surface area contributed by atoms with Gasteiger partial charge in [0.05, 0.1) is 19.0 Å². The van der Waals surface area contributed by atoms with Crippen LogP contribution in [-0.4, -0.2) is 18.0 Å². The summed E-state index contributed by atoms with van der Waals surface area (Å²) in [6.45, 7) is 0. The Morgan fingerprint density at radius 2 is 2.33 bits per heavy atom. The number of hydrogen-bond donors (Lipinski definition) is 2. The van der Waals surface area contributed by atoms with Crippen LogP contribution in [0.15, 0.2) is 35.8 Å². The summed E-state index contributed by atoms with van der Waals surface area (Å²) in [5.74, 6) is 0.236. The lowest BCUT2D eigenvalue weighted by Crippen LogP contribution is -2.26. The number of nitrogens with one attached hydrogen (secondary N) is 1. The van der Waals surface area contributed by atoms with Gasteiger partial charge >= 0.3 is 0 Å². The predicted octanol–water partition coefficient (Wildman–Crippen LogP) is 1.79. The largest absolute Gasteiger partial charge is 0.481 e. The molecule has 2 aromatic heterocycles. The van der Waals surface area contributed by atoms with Crippen LogP contribution in [0, 0.1) is 0 Å². The third-order valence-electron chi connectivity index (χ3n) is 2.35. The lowest BCUT2D eigenvalue weighted by atomic mass is 10.2. The van der Waals surface area contributed by atoms with E-state index in [1.807, 2.05) is 17.5 Å². The number of amides is 1.